The van der Waals surface area contributed by atoms with Gasteiger partial charge in [-0.2, -0.15) is 0 Å². The van der Waals surface area contributed by atoms with Crippen molar-refractivity contribution >= 4 is 33.2 Å². The van der Waals surface area contributed by atoms with E-state index in [0.717, 1.165) is 23.2 Å². The molecule has 0 bridgehead atoms. The van der Waals surface area contributed by atoms with Gasteiger partial charge in [0, 0.05) is 13.1 Å². The third-order valence-electron chi connectivity index (χ3n) is 1.94. The standard InChI is InChI=1S/C10H13BrClN3/c1-3-15(4-2)14-13-9-7-5-6-8(12)10(9)11/h5-7H,3-4H2,1-2H3. The maximum atomic E-state index is 5.93. The van der Waals surface area contributed by atoms with Gasteiger partial charge in [0.25, 0.3) is 0 Å². The fraction of sp³-hybridized carbons (Fsp3) is 0.400. The van der Waals surface area contributed by atoms with Gasteiger partial charge in [0.1, 0.15) is 5.69 Å². The molecule has 3 nitrogen and oxygen atoms in total. The molecule has 0 radical (unpaired) electrons. The molecule has 0 heterocycles. The Kier molecular flexibility index (Phi) is 5.05. The molecule has 1 aromatic rings. The Morgan fingerprint density at radius 3 is 2.60 bits per heavy atom. The summed E-state index contributed by atoms with van der Waals surface area (Å²) in [6, 6.07) is 5.52. The molecule has 0 N–H and O–H groups in total. The van der Waals surface area contributed by atoms with Gasteiger partial charge in [0.15, 0.2) is 0 Å². The van der Waals surface area contributed by atoms with Crippen molar-refractivity contribution in [1.82, 2.24) is 5.01 Å². The summed E-state index contributed by atoms with van der Waals surface area (Å²) < 4.78 is 0.780. The van der Waals surface area contributed by atoms with Crippen molar-refractivity contribution in [1.29, 1.82) is 0 Å². The maximum Gasteiger partial charge on any atom is 0.103 e. The van der Waals surface area contributed by atoms with Crippen LogP contribution in [0.25, 0.3) is 0 Å². The van der Waals surface area contributed by atoms with Crippen molar-refractivity contribution < 1.29 is 0 Å². The van der Waals surface area contributed by atoms with Crippen molar-refractivity contribution in [2.45, 2.75) is 13.8 Å². The van der Waals surface area contributed by atoms with Crippen LogP contribution in [0.4, 0.5) is 5.69 Å². The molecule has 0 fully saturated rings. The first-order valence-corrected chi connectivity index (χ1v) is 5.96. The Morgan fingerprint density at radius 1 is 1.33 bits per heavy atom. The van der Waals surface area contributed by atoms with Gasteiger partial charge < -0.3 is 0 Å². The Labute approximate surface area is 103 Å². The van der Waals surface area contributed by atoms with E-state index < -0.39 is 0 Å². The van der Waals surface area contributed by atoms with Gasteiger partial charge in [-0.25, -0.2) is 0 Å². The molecule has 0 amide bonds. The number of rotatable bonds is 4. The summed E-state index contributed by atoms with van der Waals surface area (Å²) in [4.78, 5) is 0. The fourth-order valence-electron chi connectivity index (χ4n) is 1.03. The lowest BCUT2D eigenvalue weighted by Gasteiger charge is -2.11. The van der Waals surface area contributed by atoms with Gasteiger partial charge in [-0.15, -0.1) is 5.11 Å². The van der Waals surface area contributed by atoms with Gasteiger partial charge in [0.2, 0.25) is 0 Å². The SMILES string of the molecule is CCN(CC)N=Nc1cccc(Cl)c1Br. The number of halogens is 2. The molecule has 0 aliphatic heterocycles. The zero-order valence-corrected chi connectivity index (χ0v) is 11.1. The van der Waals surface area contributed by atoms with Gasteiger partial charge in [-0.3, -0.25) is 5.01 Å². The van der Waals surface area contributed by atoms with Crippen LogP contribution in [0, 0.1) is 0 Å². The Hall–Kier alpha value is -0.610. The molecule has 0 atom stereocenters. The summed E-state index contributed by atoms with van der Waals surface area (Å²) in [5, 5.41) is 10.7. The molecule has 0 aromatic heterocycles. The summed E-state index contributed by atoms with van der Waals surface area (Å²) >= 11 is 9.30. The van der Waals surface area contributed by atoms with Crippen LogP contribution in [0.2, 0.25) is 5.02 Å². The first-order valence-electron chi connectivity index (χ1n) is 4.79. The van der Waals surface area contributed by atoms with E-state index in [0.29, 0.717) is 5.02 Å². The topological polar surface area (TPSA) is 28.0 Å². The molecule has 0 aliphatic carbocycles. The molecule has 0 saturated carbocycles. The lowest BCUT2D eigenvalue weighted by molar-refractivity contribution is 0.300. The number of hydrogen-bond donors (Lipinski definition) is 0. The molecule has 82 valence electrons. The Morgan fingerprint density at radius 2 is 2.00 bits per heavy atom. The molecule has 0 spiro atoms. The number of benzene rings is 1. The molecule has 0 saturated heterocycles. The van der Waals surface area contributed by atoms with E-state index in [1.165, 1.54) is 0 Å². The van der Waals surface area contributed by atoms with E-state index in [4.69, 9.17) is 11.6 Å². The smallest absolute Gasteiger partial charge is 0.103 e. The highest BCUT2D eigenvalue weighted by molar-refractivity contribution is 9.10. The Bertz CT molecular complexity index is 351. The average Bonchev–Trinajstić information content (AvgIpc) is 2.25. The van der Waals surface area contributed by atoms with Gasteiger partial charge in [0.05, 0.1) is 9.50 Å². The van der Waals surface area contributed by atoms with Crippen LogP contribution >= 0.6 is 27.5 Å². The van der Waals surface area contributed by atoms with E-state index in [9.17, 15) is 0 Å². The van der Waals surface area contributed by atoms with E-state index >= 15 is 0 Å². The highest BCUT2D eigenvalue weighted by Gasteiger charge is 2.02. The predicted octanol–water partition coefficient (Wildman–Crippen LogP) is 4.44. The normalized spacial score (nSPS) is 10.9. The molecule has 1 rings (SSSR count). The molecule has 1 aromatic carbocycles. The maximum absolute atomic E-state index is 5.93. The zero-order chi connectivity index (χ0) is 11.3. The lowest BCUT2D eigenvalue weighted by atomic mass is 10.3. The molecular formula is C10H13BrClN3. The quantitative estimate of drug-likeness (QED) is 0.595. The zero-order valence-electron chi connectivity index (χ0n) is 8.74. The summed E-state index contributed by atoms with van der Waals surface area (Å²) in [7, 11) is 0. The molecule has 0 aliphatic rings. The van der Waals surface area contributed by atoms with Crippen LogP contribution in [0.15, 0.2) is 33.0 Å². The molecule has 0 unspecified atom stereocenters. The third kappa shape index (κ3) is 3.47. The predicted molar refractivity (Wildman–Crippen MR) is 66.6 cm³/mol. The minimum absolute atomic E-state index is 0.644. The fourth-order valence-corrected chi connectivity index (χ4v) is 1.54. The van der Waals surface area contributed by atoms with Crippen molar-refractivity contribution in [2.24, 2.45) is 10.3 Å². The third-order valence-corrected chi connectivity index (χ3v) is 3.32. The summed E-state index contributed by atoms with van der Waals surface area (Å²) in [6.45, 7) is 5.77. The first kappa shape index (κ1) is 12.5. The van der Waals surface area contributed by atoms with Crippen LogP contribution in [-0.2, 0) is 0 Å². The second-order valence-corrected chi connectivity index (χ2v) is 4.10. The lowest BCUT2D eigenvalue weighted by Crippen LogP contribution is -2.14. The van der Waals surface area contributed by atoms with Crippen LogP contribution in [0.3, 0.4) is 0 Å². The number of nitrogens with zero attached hydrogens (tertiary/aromatic N) is 3. The van der Waals surface area contributed by atoms with E-state index in [2.05, 4.69) is 26.3 Å². The minimum Gasteiger partial charge on any atom is -0.279 e. The molecule has 15 heavy (non-hydrogen) atoms. The molecular weight excluding hydrogens is 277 g/mol. The highest BCUT2D eigenvalue weighted by atomic mass is 79.9. The van der Waals surface area contributed by atoms with E-state index in [-0.39, 0.29) is 0 Å². The number of hydrogen-bond acceptors (Lipinski definition) is 2. The summed E-state index contributed by atoms with van der Waals surface area (Å²) in [5.74, 6) is 0. The van der Waals surface area contributed by atoms with Crippen LogP contribution in [0.5, 0.6) is 0 Å². The van der Waals surface area contributed by atoms with Crippen molar-refractivity contribution in [3.05, 3.63) is 27.7 Å². The van der Waals surface area contributed by atoms with Crippen LogP contribution in [0.1, 0.15) is 13.8 Å². The monoisotopic (exact) mass is 289 g/mol. The van der Waals surface area contributed by atoms with Crippen molar-refractivity contribution in [3.63, 3.8) is 0 Å². The van der Waals surface area contributed by atoms with Crippen LogP contribution < -0.4 is 0 Å². The second-order valence-electron chi connectivity index (χ2n) is 2.90. The molecule has 5 heteroatoms. The summed E-state index contributed by atoms with van der Waals surface area (Å²) in [5.41, 5.74) is 0.745. The van der Waals surface area contributed by atoms with Crippen molar-refractivity contribution in [3.8, 4) is 0 Å². The average molecular weight is 291 g/mol. The summed E-state index contributed by atoms with van der Waals surface area (Å²) in [6.07, 6.45) is 0. The highest BCUT2D eigenvalue weighted by Crippen LogP contribution is 2.32. The van der Waals surface area contributed by atoms with Crippen molar-refractivity contribution in [2.75, 3.05) is 13.1 Å². The largest absolute Gasteiger partial charge is 0.279 e. The van der Waals surface area contributed by atoms with Gasteiger partial charge in [-0.05, 0) is 41.9 Å². The van der Waals surface area contributed by atoms with E-state index in [1.54, 1.807) is 0 Å². The van der Waals surface area contributed by atoms with Gasteiger partial charge >= 0.3 is 0 Å². The first-order chi connectivity index (χ1) is 7.19. The van der Waals surface area contributed by atoms with Crippen LogP contribution in [-0.4, -0.2) is 18.1 Å². The minimum atomic E-state index is 0.644. The Balaban J connectivity index is 2.84. The van der Waals surface area contributed by atoms with Gasteiger partial charge in [-0.1, -0.05) is 22.9 Å². The van der Waals surface area contributed by atoms with E-state index in [1.807, 2.05) is 37.1 Å². The second kappa shape index (κ2) is 6.08.